The minimum absolute atomic E-state index is 0.140. The Bertz CT molecular complexity index is 1000. The van der Waals surface area contributed by atoms with E-state index in [1.54, 1.807) is 19.2 Å². The average Bonchev–Trinajstić information content (AvgIpc) is 3.06. The average molecular weight is 400 g/mol. The summed E-state index contributed by atoms with van der Waals surface area (Å²) in [6.07, 6.45) is 0.671. The highest BCUT2D eigenvalue weighted by atomic mass is 19.2. The Morgan fingerprint density at radius 3 is 2.45 bits per heavy atom. The molecule has 0 aliphatic heterocycles. The van der Waals surface area contributed by atoms with Gasteiger partial charge in [0.25, 0.3) is 0 Å². The van der Waals surface area contributed by atoms with Crippen LogP contribution in [0, 0.1) is 17.6 Å². The van der Waals surface area contributed by atoms with Crippen molar-refractivity contribution >= 4 is 17.4 Å². The fraction of sp³-hybridized carbons (Fsp3) is 0.238. The molecule has 0 saturated heterocycles. The number of ether oxygens (including phenoxy) is 1. The molecule has 2 amide bonds. The maximum atomic E-state index is 13.4. The van der Waals surface area contributed by atoms with Crippen LogP contribution in [0.3, 0.4) is 0 Å². The van der Waals surface area contributed by atoms with Gasteiger partial charge in [0.2, 0.25) is 0 Å². The van der Waals surface area contributed by atoms with E-state index in [1.807, 2.05) is 12.1 Å². The number of rotatable bonds is 6. The molecule has 0 fully saturated rings. The van der Waals surface area contributed by atoms with E-state index in [2.05, 4.69) is 34.7 Å². The molecule has 3 aromatic rings. The first kappa shape index (κ1) is 20.3. The third-order valence-corrected chi connectivity index (χ3v) is 4.23. The van der Waals surface area contributed by atoms with Crippen molar-refractivity contribution in [2.75, 3.05) is 17.7 Å². The number of carbonyl (C=O) groups excluding carboxylic acids is 1. The standard InChI is InChI=1S/C21H22F2N4O2/c1-12(2)10-18-20(19(27-26-18)13-4-7-15(29-3)8-5-13)25-21(28)24-14-6-9-16(22)17(23)11-14/h4-9,11-12H,10H2,1-3H3,(H,26,27)(H2,24,25,28). The van der Waals surface area contributed by atoms with E-state index in [9.17, 15) is 13.6 Å². The van der Waals surface area contributed by atoms with Crippen LogP contribution in [0.2, 0.25) is 0 Å². The molecule has 0 radical (unpaired) electrons. The second-order valence-electron chi connectivity index (χ2n) is 6.96. The molecule has 3 rings (SSSR count). The molecule has 0 aliphatic rings. The molecule has 3 N–H and O–H groups in total. The van der Waals surface area contributed by atoms with Crippen molar-refractivity contribution in [1.29, 1.82) is 0 Å². The maximum absolute atomic E-state index is 13.4. The number of urea groups is 1. The molecule has 0 spiro atoms. The number of nitrogens with one attached hydrogen (secondary N) is 3. The molecule has 2 aromatic carbocycles. The van der Waals surface area contributed by atoms with Crippen molar-refractivity contribution in [1.82, 2.24) is 10.2 Å². The first-order valence-electron chi connectivity index (χ1n) is 9.12. The third-order valence-electron chi connectivity index (χ3n) is 4.23. The molecule has 1 aromatic heterocycles. The summed E-state index contributed by atoms with van der Waals surface area (Å²) in [5, 5.41) is 12.6. The lowest BCUT2D eigenvalue weighted by atomic mass is 10.0. The summed E-state index contributed by atoms with van der Waals surface area (Å²) in [5.41, 5.74) is 2.81. The quantitative estimate of drug-likeness (QED) is 0.532. The maximum Gasteiger partial charge on any atom is 0.323 e. The summed E-state index contributed by atoms with van der Waals surface area (Å²) in [7, 11) is 1.58. The van der Waals surface area contributed by atoms with Gasteiger partial charge in [0.1, 0.15) is 11.4 Å². The van der Waals surface area contributed by atoms with Gasteiger partial charge >= 0.3 is 6.03 Å². The second kappa shape index (κ2) is 8.72. The molecule has 0 atom stereocenters. The predicted molar refractivity (Wildman–Crippen MR) is 108 cm³/mol. The molecule has 0 bridgehead atoms. The summed E-state index contributed by atoms with van der Waals surface area (Å²) >= 11 is 0. The van der Waals surface area contributed by atoms with Gasteiger partial charge in [-0.25, -0.2) is 13.6 Å². The smallest absolute Gasteiger partial charge is 0.323 e. The minimum Gasteiger partial charge on any atom is -0.497 e. The first-order valence-corrected chi connectivity index (χ1v) is 9.12. The van der Waals surface area contributed by atoms with E-state index in [4.69, 9.17) is 4.74 Å². The predicted octanol–water partition coefficient (Wildman–Crippen LogP) is 5.21. The Labute approximate surface area is 167 Å². The van der Waals surface area contributed by atoms with Crippen LogP contribution in [-0.2, 0) is 6.42 Å². The zero-order chi connectivity index (χ0) is 21.0. The molecule has 1 heterocycles. The third kappa shape index (κ3) is 4.90. The molecule has 152 valence electrons. The number of benzene rings is 2. The van der Waals surface area contributed by atoms with Gasteiger partial charge in [-0.1, -0.05) is 13.8 Å². The van der Waals surface area contributed by atoms with Gasteiger partial charge in [-0.15, -0.1) is 0 Å². The number of H-pyrrole nitrogens is 1. The van der Waals surface area contributed by atoms with Gasteiger partial charge in [0, 0.05) is 17.3 Å². The van der Waals surface area contributed by atoms with Gasteiger partial charge in [-0.2, -0.15) is 5.10 Å². The fourth-order valence-corrected chi connectivity index (χ4v) is 2.88. The summed E-state index contributed by atoms with van der Waals surface area (Å²) in [6.45, 7) is 4.11. The zero-order valence-electron chi connectivity index (χ0n) is 16.3. The van der Waals surface area contributed by atoms with Gasteiger partial charge in [-0.3, -0.25) is 5.10 Å². The Morgan fingerprint density at radius 1 is 1.10 bits per heavy atom. The van der Waals surface area contributed by atoms with E-state index >= 15 is 0 Å². The number of halogens is 2. The Balaban J connectivity index is 1.87. The number of amides is 2. The fourth-order valence-electron chi connectivity index (χ4n) is 2.88. The Morgan fingerprint density at radius 2 is 1.83 bits per heavy atom. The number of hydrogen-bond acceptors (Lipinski definition) is 3. The summed E-state index contributed by atoms with van der Waals surface area (Å²) in [5.74, 6) is -0.983. The van der Waals surface area contributed by atoms with Gasteiger partial charge in [-0.05, 0) is 48.7 Å². The van der Waals surface area contributed by atoms with Crippen molar-refractivity contribution in [3.05, 3.63) is 59.8 Å². The van der Waals surface area contributed by atoms with Crippen LogP contribution in [0.4, 0.5) is 25.0 Å². The van der Waals surface area contributed by atoms with Crippen molar-refractivity contribution in [3.63, 3.8) is 0 Å². The van der Waals surface area contributed by atoms with E-state index < -0.39 is 17.7 Å². The van der Waals surface area contributed by atoms with Gasteiger partial charge < -0.3 is 15.4 Å². The van der Waals surface area contributed by atoms with Crippen LogP contribution in [0.15, 0.2) is 42.5 Å². The molecule has 8 heteroatoms. The van der Waals surface area contributed by atoms with Crippen LogP contribution >= 0.6 is 0 Å². The van der Waals surface area contributed by atoms with Crippen LogP contribution < -0.4 is 15.4 Å². The highest BCUT2D eigenvalue weighted by molar-refractivity contribution is 6.02. The summed E-state index contributed by atoms with van der Waals surface area (Å²) < 4.78 is 31.7. The second-order valence-corrected chi connectivity index (χ2v) is 6.96. The largest absolute Gasteiger partial charge is 0.497 e. The van der Waals surface area contributed by atoms with Crippen LogP contribution in [0.1, 0.15) is 19.5 Å². The molecule has 0 saturated carbocycles. The van der Waals surface area contributed by atoms with Crippen LogP contribution in [0.25, 0.3) is 11.3 Å². The molecular formula is C21H22F2N4O2. The zero-order valence-corrected chi connectivity index (χ0v) is 16.3. The van der Waals surface area contributed by atoms with Gasteiger partial charge in [0.15, 0.2) is 11.6 Å². The lowest BCUT2D eigenvalue weighted by Crippen LogP contribution is -2.20. The number of aromatic amines is 1. The van der Waals surface area contributed by atoms with Crippen molar-refractivity contribution in [2.45, 2.75) is 20.3 Å². The SMILES string of the molecule is COc1ccc(-c2n[nH]c(CC(C)C)c2NC(=O)Nc2ccc(F)c(F)c2)cc1. The topological polar surface area (TPSA) is 79.0 Å². The number of aromatic nitrogens is 2. The van der Waals surface area contributed by atoms with Gasteiger partial charge in [0.05, 0.1) is 18.5 Å². The van der Waals surface area contributed by atoms with Crippen LogP contribution in [0.5, 0.6) is 5.75 Å². The molecule has 0 unspecified atom stereocenters. The van der Waals surface area contributed by atoms with Crippen LogP contribution in [-0.4, -0.2) is 23.3 Å². The van der Waals surface area contributed by atoms with E-state index in [0.717, 1.165) is 23.4 Å². The van der Waals surface area contributed by atoms with Crippen molar-refractivity contribution in [3.8, 4) is 17.0 Å². The Kier molecular flexibility index (Phi) is 6.11. The monoisotopic (exact) mass is 400 g/mol. The Hall–Kier alpha value is -3.42. The number of nitrogens with zero attached hydrogens (tertiary/aromatic N) is 1. The number of hydrogen-bond donors (Lipinski definition) is 3. The molecular weight excluding hydrogens is 378 g/mol. The normalized spacial score (nSPS) is 10.8. The molecule has 0 aliphatic carbocycles. The summed E-state index contributed by atoms with van der Waals surface area (Å²) in [4.78, 5) is 12.5. The number of anilines is 2. The number of methoxy groups -OCH3 is 1. The molecule has 6 nitrogen and oxygen atoms in total. The molecule has 29 heavy (non-hydrogen) atoms. The highest BCUT2D eigenvalue weighted by Crippen LogP contribution is 2.31. The minimum atomic E-state index is -1.04. The van der Waals surface area contributed by atoms with Crippen molar-refractivity contribution in [2.24, 2.45) is 5.92 Å². The van der Waals surface area contributed by atoms with E-state index in [0.29, 0.717) is 29.5 Å². The lowest BCUT2D eigenvalue weighted by Gasteiger charge is -2.11. The van der Waals surface area contributed by atoms with E-state index in [1.165, 1.54) is 6.07 Å². The lowest BCUT2D eigenvalue weighted by molar-refractivity contribution is 0.262. The summed E-state index contributed by atoms with van der Waals surface area (Å²) in [6, 6.07) is 9.86. The van der Waals surface area contributed by atoms with Crippen molar-refractivity contribution < 1.29 is 18.3 Å². The first-order chi connectivity index (χ1) is 13.9. The number of carbonyl (C=O) groups is 1. The van der Waals surface area contributed by atoms with E-state index in [-0.39, 0.29) is 5.69 Å². The highest BCUT2D eigenvalue weighted by Gasteiger charge is 2.18.